The van der Waals surface area contributed by atoms with Crippen LogP contribution in [0.4, 0.5) is 0 Å². The molecule has 0 radical (unpaired) electrons. The van der Waals surface area contributed by atoms with E-state index >= 15 is 0 Å². The Balaban J connectivity index is 1.75. The molecule has 2 fully saturated rings. The Morgan fingerprint density at radius 1 is 1.30 bits per heavy atom. The van der Waals surface area contributed by atoms with Crippen molar-refractivity contribution in [2.24, 2.45) is 0 Å². The Bertz CT molecular complexity index is 667. The molecule has 0 aliphatic carbocycles. The fourth-order valence-electron chi connectivity index (χ4n) is 2.87. The second-order valence-electron chi connectivity index (χ2n) is 5.87. The maximum absolute atomic E-state index is 12.6. The summed E-state index contributed by atoms with van der Waals surface area (Å²) in [7, 11) is -3.51. The second kappa shape index (κ2) is 6.84. The van der Waals surface area contributed by atoms with E-state index in [9.17, 15) is 13.2 Å². The minimum atomic E-state index is -3.51. The van der Waals surface area contributed by atoms with E-state index in [-0.39, 0.29) is 16.8 Å². The monoisotopic (exact) mass is 358 g/mol. The molecule has 1 aromatic heterocycles. The Morgan fingerprint density at radius 3 is 2.74 bits per heavy atom. The van der Waals surface area contributed by atoms with Gasteiger partial charge in [0, 0.05) is 56.5 Å². The number of hydrogen-bond acceptors (Lipinski definition) is 5. The zero-order chi connectivity index (χ0) is 16.4. The molecule has 2 aliphatic heterocycles. The number of nitrogens with one attached hydrogen (secondary N) is 2. The van der Waals surface area contributed by atoms with Gasteiger partial charge in [-0.15, -0.1) is 0 Å². The quantitative estimate of drug-likeness (QED) is 0.805. The summed E-state index contributed by atoms with van der Waals surface area (Å²) in [4.78, 5) is 17.3. The van der Waals surface area contributed by atoms with Crippen LogP contribution < -0.4 is 5.32 Å². The van der Waals surface area contributed by atoms with E-state index in [2.05, 4.69) is 10.3 Å². The molecule has 0 saturated carbocycles. The smallest absolute Gasteiger partial charge is 0.270 e. The fourth-order valence-corrected chi connectivity index (χ4v) is 5.44. The van der Waals surface area contributed by atoms with Gasteiger partial charge in [-0.25, -0.2) is 8.42 Å². The lowest BCUT2D eigenvalue weighted by Gasteiger charge is -2.31. The number of H-pyrrole nitrogens is 1. The Hall–Kier alpha value is -1.03. The molecule has 9 heteroatoms. The van der Waals surface area contributed by atoms with Crippen LogP contribution >= 0.6 is 11.8 Å². The molecule has 0 aromatic carbocycles. The van der Waals surface area contributed by atoms with Crippen LogP contribution in [0.25, 0.3) is 0 Å². The molecule has 1 amide bonds. The molecule has 1 atom stereocenters. The average molecular weight is 358 g/mol. The van der Waals surface area contributed by atoms with Crippen LogP contribution in [0.1, 0.15) is 17.4 Å². The molecule has 128 valence electrons. The van der Waals surface area contributed by atoms with E-state index in [1.54, 1.807) is 16.7 Å². The summed E-state index contributed by atoms with van der Waals surface area (Å²) < 4.78 is 26.7. The van der Waals surface area contributed by atoms with Crippen LogP contribution in [0, 0.1) is 0 Å². The molecule has 2 N–H and O–H groups in total. The third kappa shape index (κ3) is 3.57. The summed E-state index contributed by atoms with van der Waals surface area (Å²) in [6.07, 6.45) is 1.43. The van der Waals surface area contributed by atoms with Gasteiger partial charge in [-0.3, -0.25) is 4.79 Å². The van der Waals surface area contributed by atoms with Crippen molar-refractivity contribution in [2.75, 3.05) is 44.2 Å². The Labute approximate surface area is 140 Å². The number of carbonyl (C=O) groups excluding carboxylic acids is 1. The Morgan fingerprint density at radius 2 is 2.04 bits per heavy atom. The molecule has 3 heterocycles. The van der Waals surface area contributed by atoms with Crippen molar-refractivity contribution in [1.82, 2.24) is 19.5 Å². The number of sulfonamides is 1. The normalized spacial score (nSPS) is 23.9. The van der Waals surface area contributed by atoms with Gasteiger partial charge in [0.05, 0.1) is 0 Å². The maximum Gasteiger partial charge on any atom is 0.270 e. The fraction of sp³-hybridized carbons (Fsp3) is 0.643. The van der Waals surface area contributed by atoms with Gasteiger partial charge >= 0.3 is 0 Å². The number of hydrogen-bond donors (Lipinski definition) is 2. The summed E-state index contributed by atoms with van der Waals surface area (Å²) in [5, 5.41) is 3.28. The molecular formula is C14H22N4O3S2. The summed E-state index contributed by atoms with van der Waals surface area (Å²) in [5.74, 6) is 1.48. The van der Waals surface area contributed by atoms with Gasteiger partial charge in [0.25, 0.3) is 5.91 Å². The summed E-state index contributed by atoms with van der Waals surface area (Å²) in [6.45, 7) is 5.09. The van der Waals surface area contributed by atoms with Crippen LogP contribution in [-0.2, 0) is 10.0 Å². The number of aromatic nitrogens is 1. The molecule has 3 rings (SSSR count). The van der Waals surface area contributed by atoms with Gasteiger partial charge in [-0.05, 0) is 13.0 Å². The SMILES string of the molecule is CC1CN(C(=O)c2cc(S(=O)(=O)N3CCSCC3)c[nH]2)CCN1. The van der Waals surface area contributed by atoms with Crippen molar-refractivity contribution in [3.8, 4) is 0 Å². The van der Waals surface area contributed by atoms with Crippen LogP contribution in [0.2, 0.25) is 0 Å². The van der Waals surface area contributed by atoms with E-state index in [0.29, 0.717) is 31.9 Å². The minimum absolute atomic E-state index is 0.144. The van der Waals surface area contributed by atoms with Crippen molar-refractivity contribution >= 4 is 27.7 Å². The topological polar surface area (TPSA) is 85.5 Å². The van der Waals surface area contributed by atoms with E-state index in [1.165, 1.54) is 16.6 Å². The van der Waals surface area contributed by atoms with Crippen LogP contribution in [0.5, 0.6) is 0 Å². The zero-order valence-corrected chi connectivity index (χ0v) is 14.8. The average Bonchev–Trinajstić information content (AvgIpc) is 3.06. The number of carbonyl (C=O) groups is 1. The standard InChI is InChI=1S/C14H22N4O3S2/c1-11-10-17(3-2-15-11)14(19)13-8-12(9-16-13)23(20,21)18-4-6-22-7-5-18/h8-9,11,15-16H,2-7,10H2,1H3. The van der Waals surface area contributed by atoms with Gasteiger partial charge in [0.2, 0.25) is 10.0 Å². The van der Waals surface area contributed by atoms with Crippen molar-refractivity contribution in [3.63, 3.8) is 0 Å². The second-order valence-corrected chi connectivity index (χ2v) is 9.03. The van der Waals surface area contributed by atoms with Crippen LogP contribution in [0.3, 0.4) is 0 Å². The van der Waals surface area contributed by atoms with E-state index < -0.39 is 10.0 Å². The van der Waals surface area contributed by atoms with Crippen molar-refractivity contribution in [3.05, 3.63) is 18.0 Å². The maximum atomic E-state index is 12.6. The number of nitrogens with zero attached hydrogens (tertiary/aromatic N) is 2. The van der Waals surface area contributed by atoms with Gasteiger partial charge in [-0.2, -0.15) is 16.1 Å². The molecule has 0 spiro atoms. The van der Waals surface area contributed by atoms with Gasteiger partial charge < -0.3 is 15.2 Å². The lowest BCUT2D eigenvalue weighted by molar-refractivity contribution is 0.0704. The lowest BCUT2D eigenvalue weighted by atomic mass is 10.2. The van der Waals surface area contributed by atoms with Crippen molar-refractivity contribution < 1.29 is 13.2 Å². The van der Waals surface area contributed by atoms with E-state index in [0.717, 1.165) is 18.1 Å². The highest BCUT2D eigenvalue weighted by molar-refractivity contribution is 7.99. The summed E-state index contributed by atoms with van der Waals surface area (Å²) in [5.41, 5.74) is 0.337. The van der Waals surface area contributed by atoms with Crippen molar-refractivity contribution in [2.45, 2.75) is 17.9 Å². The van der Waals surface area contributed by atoms with E-state index in [4.69, 9.17) is 0 Å². The van der Waals surface area contributed by atoms with Gasteiger partial charge in [0.15, 0.2) is 0 Å². The first-order valence-corrected chi connectivity index (χ1v) is 10.4. The predicted octanol–water partition coefficient (Wildman–Crippen LogP) is 0.186. The number of piperazine rings is 1. The van der Waals surface area contributed by atoms with Gasteiger partial charge in [0.1, 0.15) is 10.6 Å². The zero-order valence-electron chi connectivity index (χ0n) is 13.1. The predicted molar refractivity (Wildman–Crippen MR) is 90.2 cm³/mol. The molecular weight excluding hydrogens is 336 g/mol. The number of aromatic amines is 1. The molecule has 2 saturated heterocycles. The number of rotatable bonds is 3. The highest BCUT2D eigenvalue weighted by Crippen LogP contribution is 2.21. The van der Waals surface area contributed by atoms with Gasteiger partial charge in [-0.1, -0.05) is 0 Å². The molecule has 23 heavy (non-hydrogen) atoms. The first-order valence-electron chi connectivity index (χ1n) is 7.77. The molecule has 2 aliphatic rings. The molecule has 1 aromatic rings. The first kappa shape index (κ1) is 16.8. The largest absolute Gasteiger partial charge is 0.356 e. The minimum Gasteiger partial charge on any atom is -0.356 e. The molecule has 1 unspecified atom stereocenters. The summed E-state index contributed by atoms with van der Waals surface area (Å²) in [6, 6.07) is 1.71. The molecule has 7 nitrogen and oxygen atoms in total. The highest BCUT2D eigenvalue weighted by Gasteiger charge is 2.29. The number of thioether (sulfide) groups is 1. The lowest BCUT2D eigenvalue weighted by Crippen LogP contribution is -2.51. The van der Waals surface area contributed by atoms with Crippen LogP contribution in [0.15, 0.2) is 17.2 Å². The van der Waals surface area contributed by atoms with Crippen LogP contribution in [-0.4, -0.2) is 78.8 Å². The van der Waals surface area contributed by atoms with E-state index in [1.807, 2.05) is 6.92 Å². The molecule has 0 bridgehead atoms. The third-order valence-corrected chi connectivity index (χ3v) is 6.97. The number of amides is 1. The Kier molecular flexibility index (Phi) is 5.00. The summed E-state index contributed by atoms with van der Waals surface area (Å²) >= 11 is 1.76. The first-order chi connectivity index (χ1) is 11.0. The highest BCUT2D eigenvalue weighted by atomic mass is 32.2. The third-order valence-electron chi connectivity index (χ3n) is 4.15. The van der Waals surface area contributed by atoms with Crippen molar-refractivity contribution in [1.29, 1.82) is 0 Å².